The second-order valence-electron chi connectivity index (χ2n) is 6.89. The molecule has 3 rings (SSSR count). The van der Waals surface area contributed by atoms with Crippen LogP contribution in [-0.4, -0.2) is 9.55 Å². The number of halogens is 10. The maximum atomic E-state index is 13.4. The molecule has 1 aromatic heterocycles. The highest BCUT2D eigenvalue weighted by Gasteiger charge is 2.38. The molecule has 0 unspecified atom stereocenters. The zero-order chi connectivity index (χ0) is 25.5. The van der Waals surface area contributed by atoms with Gasteiger partial charge in [0.15, 0.2) is 5.69 Å². The fourth-order valence-corrected chi connectivity index (χ4v) is 2.86. The maximum absolute atomic E-state index is 13.4. The largest absolute Gasteiger partial charge is 0.433 e. The summed E-state index contributed by atoms with van der Waals surface area (Å²) in [6.07, 6.45) is -15.5. The highest BCUT2D eigenvalue weighted by atomic mass is 19.4. The van der Waals surface area contributed by atoms with Crippen molar-refractivity contribution in [1.82, 2.24) is 9.55 Å². The highest BCUT2D eigenvalue weighted by molar-refractivity contribution is 5.61. The first kappa shape index (κ1) is 25.1. The van der Waals surface area contributed by atoms with Crippen LogP contribution in [0.2, 0.25) is 0 Å². The summed E-state index contributed by atoms with van der Waals surface area (Å²) in [7, 11) is 0. The van der Waals surface area contributed by atoms with Gasteiger partial charge in [-0.2, -0.15) is 39.5 Å². The number of nitrogens with one attached hydrogen (secondary N) is 1. The Morgan fingerprint density at radius 3 is 1.94 bits per heavy atom. The normalized spacial score (nSPS) is 12.6. The minimum Gasteiger partial charge on any atom is -0.325 e. The van der Waals surface area contributed by atoms with Crippen molar-refractivity contribution < 1.29 is 43.9 Å². The topological polar surface area (TPSA) is 46.9 Å². The quantitative estimate of drug-likeness (QED) is 0.433. The standard InChI is InChI=1S/C20H11F10N3O/c21-12-4-1-10(2-5-12)9-33-16(34)8-15(20(28,29)30)32-17(33)31-14-7-11(18(22,23)24)3-6-13(14)19(25,26)27/h1-8H,9H2,(H,31,32). The van der Waals surface area contributed by atoms with E-state index in [2.05, 4.69) is 4.98 Å². The van der Waals surface area contributed by atoms with Gasteiger partial charge in [-0.25, -0.2) is 9.37 Å². The van der Waals surface area contributed by atoms with Gasteiger partial charge in [-0.1, -0.05) is 12.1 Å². The SMILES string of the molecule is O=c1cc(C(F)(F)F)nc(Nc2cc(C(F)(F)F)ccc2C(F)(F)F)n1Cc1ccc(F)cc1. The average Bonchev–Trinajstić information content (AvgIpc) is 2.69. The monoisotopic (exact) mass is 499 g/mol. The van der Waals surface area contributed by atoms with Crippen LogP contribution in [0.3, 0.4) is 0 Å². The lowest BCUT2D eigenvalue weighted by Crippen LogP contribution is -2.27. The second-order valence-corrected chi connectivity index (χ2v) is 6.89. The number of nitrogens with zero attached hydrogens (tertiary/aromatic N) is 2. The molecule has 0 bridgehead atoms. The summed E-state index contributed by atoms with van der Waals surface area (Å²) in [6.45, 7) is -0.576. The summed E-state index contributed by atoms with van der Waals surface area (Å²) in [4.78, 5) is 15.5. The maximum Gasteiger partial charge on any atom is 0.433 e. The predicted molar refractivity (Wildman–Crippen MR) is 98.7 cm³/mol. The number of aromatic nitrogens is 2. The molecular formula is C20H11F10N3O. The smallest absolute Gasteiger partial charge is 0.325 e. The molecule has 182 valence electrons. The highest BCUT2D eigenvalue weighted by Crippen LogP contribution is 2.40. The van der Waals surface area contributed by atoms with Gasteiger partial charge in [0, 0.05) is 6.07 Å². The van der Waals surface area contributed by atoms with Gasteiger partial charge in [0.25, 0.3) is 5.56 Å². The van der Waals surface area contributed by atoms with E-state index in [1.165, 1.54) is 0 Å². The molecule has 14 heteroatoms. The van der Waals surface area contributed by atoms with Crippen molar-refractivity contribution in [3.05, 3.63) is 87.1 Å². The van der Waals surface area contributed by atoms with Gasteiger partial charge in [-0.3, -0.25) is 9.36 Å². The van der Waals surface area contributed by atoms with Crippen molar-refractivity contribution in [2.45, 2.75) is 25.1 Å². The molecule has 0 aliphatic rings. The first-order valence-corrected chi connectivity index (χ1v) is 9.04. The van der Waals surface area contributed by atoms with Crippen molar-refractivity contribution in [3.8, 4) is 0 Å². The van der Waals surface area contributed by atoms with Crippen LogP contribution in [0, 0.1) is 5.82 Å². The molecular weight excluding hydrogens is 488 g/mol. The van der Waals surface area contributed by atoms with Crippen molar-refractivity contribution in [3.63, 3.8) is 0 Å². The van der Waals surface area contributed by atoms with Crippen LogP contribution in [0.1, 0.15) is 22.4 Å². The van der Waals surface area contributed by atoms with E-state index >= 15 is 0 Å². The average molecular weight is 499 g/mol. The summed E-state index contributed by atoms with van der Waals surface area (Å²) in [5.41, 5.74) is -7.44. The Hall–Kier alpha value is -3.58. The molecule has 0 spiro atoms. The molecule has 1 N–H and O–H groups in total. The van der Waals surface area contributed by atoms with Crippen LogP contribution < -0.4 is 10.9 Å². The first-order valence-electron chi connectivity index (χ1n) is 9.04. The molecule has 0 aliphatic heterocycles. The van der Waals surface area contributed by atoms with Crippen LogP contribution in [0.5, 0.6) is 0 Å². The third-order valence-corrected chi connectivity index (χ3v) is 4.45. The molecule has 0 atom stereocenters. The number of hydrogen-bond donors (Lipinski definition) is 1. The summed E-state index contributed by atoms with van der Waals surface area (Å²) in [5.74, 6) is -1.78. The Kier molecular flexibility index (Phi) is 6.37. The van der Waals surface area contributed by atoms with Crippen molar-refractivity contribution in [2.75, 3.05) is 5.32 Å². The van der Waals surface area contributed by atoms with Crippen LogP contribution in [0.4, 0.5) is 55.5 Å². The Bertz CT molecular complexity index is 1240. The van der Waals surface area contributed by atoms with Crippen molar-refractivity contribution in [1.29, 1.82) is 0 Å². The fraction of sp³-hybridized carbons (Fsp3) is 0.200. The number of hydrogen-bond acceptors (Lipinski definition) is 3. The fourth-order valence-electron chi connectivity index (χ4n) is 2.86. The van der Waals surface area contributed by atoms with E-state index < -0.39 is 64.9 Å². The number of anilines is 2. The third kappa shape index (κ3) is 5.66. The Balaban J connectivity index is 2.20. The van der Waals surface area contributed by atoms with Gasteiger partial charge in [0.1, 0.15) is 5.82 Å². The summed E-state index contributed by atoms with van der Waals surface area (Å²) < 4.78 is 132. The van der Waals surface area contributed by atoms with E-state index in [1.807, 2.05) is 0 Å². The minimum absolute atomic E-state index is 0.0392. The number of benzene rings is 2. The Morgan fingerprint density at radius 2 is 1.41 bits per heavy atom. The van der Waals surface area contributed by atoms with Crippen LogP contribution in [0.25, 0.3) is 0 Å². The van der Waals surface area contributed by atoms with Gasteiger partial charge >= 0.3 is 18.5 Å². The van der Waals surface area contributed by atoms with E-state index in [1.54, 1.807) is 5.32 Å². The molecule has 0 saturated carbocycles. The van der Waals surface area contributed by atoms with Gasteiger partial charge in [-0.15, -0.1) is 0 Å². The van der Waals surface area contributed by atoms with Gasteiger partial charge in [0.2, 0.25) is 5.95 Å². The van der Waals surface area contributed by atoms with Crippen molar-refractivity contribution in [2.24, 2.45) is 0 Å². The molecule has 3 aromatic rings. The predicted octanol–water partition coefficient (Wildman–Crippen LogP) is 6.23. The Morgan fingerprint density at radius 1 is 0.794 bits per heavy atom. The molecule has 4 nitrogen and oxygen atoms in total. The molecule has 0 saturated heterocycles. The molecule has 34 heavy (non-hydrogen) atoms. The lowest BCUT2D eigenvalue weighted by Gasteiger charge is -2.20. The second kappa shape index (κ2) is 8.65. The minimum atomic E-state index is -5.20. The third-order valence-electron chi connectivity index (χ3n) is 4.45. The van der Waals surface area contributed by atoms with Gasteiger partial charge < -0.3 is 5.32 Å². The lowest BCUT2D eigenvalue weighted by molar-refractivity contribution is -0.141. The van der Waals surface area contributed by atoms with Gasteiger partial charge in [0.05, 0.1) is 23.4 Å². The zero-order valence-electron chi connectivity index (χ0n) is 16.4. The van der Waals surface area contributed by atoms with E-state index in [4.69, 9.17) is 0 Å². The van der Waals surface area contributed by atoms with Crippen LogP contribution in [0.15, 0.2) is 53.3 Å². The summed E-state index contributed by atoms with van der Waals surface area (Å²) >= 11 is 0. The summed E-state index contributed by atoms with van der Waals surface area (Å²) in [6, 6.07) is 4.58. The molecule has 2 aromatic carbocycles. The molecule has 0 aliphatic carbocycles. The van der Waals surface area contributed by atoms with E-state index in [-0.39, 0.29) is 29.8 Å². The molecule has 1 heterocycles. The lowest BCUT2D eigenvalue weighted by atomic mass is 10.1. The van der Waals surface area contributed by atoms with E-state index in [0.29, 0.717) is 4.57 Å². The van der Waals surface area contributed by atoms with Crippen LogP contribution >= 0.6 is 0 Å². The molecule has 0 radical (unpaired) electrons. The number of alkyl halides is 9. The number of rotatable bonds is 4. The van der Waals surface area contributed by atoms with Crippen molar-refractivity contribution >= 4 is 11.6 Å². The first-order chi connectivity index (χ1) is 15.6. The van der Waals surface area contributed by atoms with Gasteiger partial charge in [-0.05, 0) is 35.9 Å². The molecule has 0 amide bonds. The van der Waals surface area contributed by atoms with E-state index in [9.17, 15) is 48.7 Å². The van der Waals surface area contributed by atoms with E-state index in [0.717, 1.165) is 24.3 Å². The Labute approximate surface area is 183 Å². The van der Waals surface area contributed by atoms with Crippen LogP contribution in [-0.2, 0) is 25.1 Å². The molecule has 0 fully saturated rings. The summed E-state index contributed by atoms with van der Waals surface area (Å²) in [5, 5.41) is 1.80. The zero-order valence-corrected chi connectivity index (χ0v) is 16.4.